The van der Waals surface area contributed by atoms with E-state index in [9.17, 15) is 17.6 Å². The summed E-state index contributed by atoms with van der Waals surface area (Å²) < 4.78 is 50.5. The molecule has 0 spiro atoms. The molecule has 94 valence electrons. The Morgan fingerprint density at radius 2 is 1.56 bits per heavy atom. The number of hydrogen-bond acceptors (Lipinski definition) is 1. The molecule has 1 aromatic heterocycles. The quantitative estimate of drug-likeness (QED) is 0.549. The Bertz CT molecular complexity index is 563. The molecule has 0 unspecified atom stereocenters. The number of halogens is 5. The van der Waals surface area contributed by atoms with E-state index >= 15 is 0 Å². The van der Waals surface area contributed by atoms with Crippen LogP contribution >= 0.6 is 11.6 Å². The van der Waals surface area contributed by atoms with Crippen LogP contribution in [-0.2, 0) is 6.18 Å². The molecule has 2 rings (SSSR count). The monoisotopic (exact) mass is 275 g/mol. The molecule has 1 nitrogen and oxygen atoms in total. The minimum atomic E-state index is -4.41. The molecular formula is C12H6ClF4N. The molecule has 0 aliphatic heterocycles. The summed E-state index contributed by atoms with van der Waals surface area (Å²) >= 11 is 5.49. The van der Waals surface area contributed by atoms with Gasteiger partial charge in [-0.25, -0.2) is 4.98 Å². The van der Waals surface area contributed by atoms with Crippen molar-refractivity contribution in [2.24, 2.45) is 0 Å². The lowest BCUT2D eigenvalue weighted by molar-refractivity contribution is -0.137. The Morgan fingerprint density at radius 1 is 0.944 bits per heavy atom. The molecule has 1 heterocycles. The fourth-order valence-electron chi connectivity index (χ4n) is 1.47. The standard InChI is InChI=1S/C12H6ClF4N/c13-10-6-5-9(11(14)18-10)7-1-3-8(4-2-7)12(15,16)17/h1-6H. The van der Waals surface area contributed by atoms with E-state index in [2.05, 4.69) is 4.98 Å². The average Bonchev–Trinajstić information content (AvgIpc) is 2.28. The molecule has 1 aromatic carbocycles. The normalized spacial score (nSPS) is 11.6. The van der Waals surface area contributed by atoms with E-state index in [-0.39, 0.29) is 10.7 Å². The molecule has 0 atom stereocenters. The third-order valence-corrected chi connectivity index (χ3v) is 2.55. The van der Waals surface area contributed by atoms with E-state index < -0.39 is 17.7 Å². The Hall–Kier alpha value is -1.62. The highest BCUT2D eigenvalue weighted by atomic mass is 35.5. The van der Waals surface area contributed by atoms with E-state index in [1.807, 2.05) is 0 Å². The number of pyridine rings is 1. The largest absolute Gasteiger partial charge is 0.416 e. The third kappa shape index (κ3) is 2.61. The number of nitrogens with zero attached hydrogens (tertiary/aromatic N) is 1. The molecule has 0 saturated heterocycles. The summed E-state index contributed by atoms with van der Waals surface area (Å²) in [4.78, 5) is 3.40. The van der Waals surface area contributed by atoms with Crippen LogP contribution in [0, 0.1) is 5.95 Å². The summed E-state index contributed by atoms with van der Waals surface area (Å²) in [5.74, 6) is -0.817. The summed E-state index contributed by atoms with van der Waals surface area (Å²) in [6, 6.07) is 6.91. The maximum atomic E-state index is 13.5. The smallest absolute Gasteiger partial charge is 0.207 e. The van der Waals surface area contributed by atoms with Gasteiger partial charge in [0, 0.05) is 5.56 Å². The topological polar surface area (TPSA) is 12.9 Å². The molecule has 0 saturated carbocycles. The van der Waals surface area contributed by atoms with Gasteiger partial charge in [-0.1, -0.05) is 23.7 Å². The molecule has 0 aliphatic carbocycles. The van der Waals surface area contributed by atoms with Gasteiger partial charge in [-0.15, -0.1) is 0 Å². The Morgan fingerprint density at radius 3 is 2.06 bits per heavy atom. The lowest BCUT2D eigenvalue weighted by Gasteiger charge is -2.08. The first-order valence-corrected chi connectivity index (χ1v) is 5.25. The zero-order valence-electron chi connectivity index (χ0n) is 8.80. The number of alkyl halides is 3. The highest BCUT2D eigenvalue weighted by Gasteiger charge is 2.30. The van der Waals surface area contributed by atoms with Gasteiger partial charge < -0.3 is 0 Å². The van der Waals surface area contributed by atoms with Gasteiger partial charge in [0.1, 0.15) is 5.15 Å². The second kappa shape index (κ2) is 4.57. The van der Waals surface area contributed by atoms with E-state index in [1.165, 1.54) is 24.3 Å². The van der Waals surface area contributed by atoms with Crippen molar-refractivity contribution in [3.63, 3.8) is 0 Å². The third-order valence-electron chi connectivity index (χ3n) is 2.34. The molecule has 0 N–H and O–H groups in total. The highest BCUT2D eigenvalue weighted by Crippen LogP contribution is 2.31. The summed E-state index contributed by atoms with van der Waals surface area (Å²) in [6.45, 7) is 0. The van der Waals surface area contributed by atoms with Crippen LogP contribution in [0.25, 0.3) is 11.1 Å². The second-order valence-electron chi connectivity index (χ2n) is 3.55. The molecular weight excluding hydrogens is 270 g/mol. The van der Waals surface area contributed by atoms with Crippen molar-refractivity contribution < 1.29 is 17.6 Å². The van der Waals surface area contributed by atoms with Crippen LogP contribution in [0.2, 0.25) is 5.15 Å². The molecule has 18 heavy (non-hydrogen) atoms. The Labute approximate surface area is 105 Å². The van der Waals surface area contributed by atoms with E-state index in [0.717, 1.165) is 12.1 Å². The summed E-state index contributed by atoms with van der Waals surface area (Å²) in [6.07, 6.45) is -4.41. The number of rotatable bonds is 1. The van der Waals surface area contributed by atoms with Gasteiger partial charge >= 0.3 is 6.18 Å². The van der Waals surface area contributed by atoms with Gasteiger partial charge in [0.05, 0.1) is 5.56 Å². The maximum Gasteiger partial charge on any atom is 0.416 e. The van der Waals surface area contributed by atoms with Crippen molar-refractivity contribution in [2.75, 3.05) is 0 Å². The minimum absolute atomic E-state index is 0.0110. The van der Waals surface area contributed by atoms with Crippen LogP contribution in [0.3, 0.4) is 0 Å². The molecule has 0 fully saturated rings. The maximum absolute atomic E-state index is 13.5. The fraction of sp³-hybridized carbons (Fsp3) is 0.0833. The first-order valence-electron chi connectivity index (χ1n) is 4.87. The van der Waals surface area contributed by atoms with Gasteiger partial charge in [-0.2, -0.15) is 17.6 Å². The first kappa shape index (κ1) is 12.8. The summed E-state index contributed by atoms with van der Waals surface area (Å²) in [5.41, 5.74) is -0.369. The summed E-state index contributed by atoms with van der Waals surface area (Å²) in [5, 5.41) is -0.0110. The minimum Gasteiger partial charge on any atom is -0.207 e. The van der Waals surface area contributed by atoms with Crippen molar-refractivity contribution in [3.05, 3.63) is 53.1 Å². The molecule has 0 radical (unpaired) electrons. The van der Waals surface area contributed by atoms with Gasteiger partial charge in [0.25, 0.3) is 0 Å². The van der Waals surface area contributed by atoms with E-state index in [1.54, 1.807) is 0 Å². The summed E-state index contributed by atoms with van der Waals surface area (Å²) in [7, 11) is 0. The van der Waals surface area contributed by atoms with Crippen LogP contribution < -0.4 is 0 Å². The lowest BCUT2D eigenvalue weighted by atomic mass is 10.1. The zero-order chi connectivity index (χ0) is 13.3. The van der Waals surface area contributed by atoms with Crippen molar-refractivity contribution in [3.8, 4) is 11.1 Å². The molecule has 0 aliphatic rings. The van der Waals surface area contributed by atoms with Crippen LogP contribution in [0.1, 0.15) is 5.56 Å². The van der Waals surface area contributed by atoms with Crippen LogP contribution in [0.15, 0.2) is 36.4 Å². The Kier molecular flexibility index (Phi) is 3.26. The molecule has 0 amide bonds. The number of benzene rings is 1. The first-order chi connectivity index (χ1) is 8.38. The van der Waals surface area contributed by atoms with E-state index in [0.29, 0.717) is 5.56 Å². The highest BCUT2D eigenvalue weighted by molar-refractivity contribution is 6.29. The van der Waals surface area contributed by atoms with Crippen molar-refractivity contribution in [2.45, 2.75) is 6.18 Å². The van der Waals surface area contributed by atoms with Crippen molar-refractivity contribution in [1.29, 1.82) is 0 Å². The molecule has 2 aromatic rings. The van der Waals surface area contributed by atoms with Gasteiger partial charge in [0.15, 0.2) is 0 Å². The zero-order valence-corrected chi connectivity index (χ0v) is 9.56. The van der Waals surface area contributed by atoms with Crippen LogP contribution in [-0.4, -0.2) is 4.98 Å². The SMILES string of the molecule is Fc1nc(Cl)ccc1-c1ccc(C(F)(F)F)cc1. The van der Waals surface area contributed by atoms with Gasteiger partial charge in [-0.05, 0) is 29.8 Å². The number of hydrogen-bond donors (Lipinski definition) is 0. The van der Waals surface area contributed by atoms with Crippen LogP contribution in [0.5, 0.6) is 0 Å². The fourth-order valence-corrected chi connectivity index (χ4v) is 1.60. The Balaban J connectivity index is 2.41. The lowest BCUT2D eigenvalue weighted by Crippen LogP contribution is -2.04. The van der Waals surface area contributed by atoms with E-state index in [4.69, 9.17) is 11.6 Å². The van der Waals surface area contributed by atoms with Crippen LogP contribution in [0.4, 0.5) is 17.6 Å². The predicted octanol–water partition coefficient (Wildman–Crippen LogP) is 4.56. The number of aromatic nitrogens is 1. The average molecular weight is 276 g/mol. The van der Waals surface area contributed by atoms with Gasteiger partial charge in [-0.3, -0.25) is 0 Å². The molecule has 0 bridgehead atoms. The van der Waals surface area contributed by atoms with Crippen molar-refractivity contribution >= 4 is 11.6 Å². The predicted molar refractivity (Wildman–Crippen MR) is 59.6 cm³/mol. The second-order valence-corrected chi connectivity index (χ2v) is 3.93. The van der Waals surface area contributed by atoms with Gasteiger partial charge in [0.2, 0.25) is 5.95 Å². The molecule has 6 heteroatoms. The van der Waals surface area contributed by atoms with Crippen molar-refractivity contribution in [1.82, 2.24) is 4.98 Å².